The summed E-state index contributed by atoms with van der Waals surface area (Å²) in [4.78, 5) is 25.8. The Morgan fingerprint density at radius 2 is 1.65 bits per heavy atom. The van der Waals surface area contributed by atoms with Gasteiger partial charge in [0.25, 0.3) is 0 Å². The Kier molecular flexibility index (Phi) is 7.20. The van der Waals surface area contributed by atoms with Crippen LogP contribution < -0.4 is 4.74 Å². The number of rotatable bonds is 6. The van der Waals surface area contributed by atoms with Crippen molar-refractivity contribution in [2.75, 3.05) is 14.2 Å². The van der Waals surface area contributed by atoms with Gasteiger partial charge in [0.05, 0.1) is 25.4 Å². The first-order valence-corrected chi connectivity index (χ1v) is 10.4. The fourth-order valence-electron chi connectivity index (χ4n) is 3.89. The van der Waals surface area contributed by atoms with Gasteiger partial charge in [-0.25, -0.2) is 4.79 Å². The summed E-state index contributed by atoms with van der Waals surface area (Å²) >= 11 is 0. The lowest BCUT2D eigenvalue weighted by Gasteiger charge is -2.40. The molecule has 1 aromatic rings. The molecule has 0 aliphatic heterocycles. The quantitative estimate of drug-likeness (QED) is 0.333. The summed E-state index contributed by atoms with van der Waals surface area (Å²) in [6.45, 7) is 13.4. The van der Waals surface area contributed by atoms with Gasteiger partial charge in [0.1, 0.15) is 17.1 Å². The van der Waals surface area contributed by atoms with Crippen molar-refractivity contribution in [1.82, 2.24) is 0 Å². The molecule has 0 aromatic heterocycles. The molecule has 0 radical (unpaired) electrons. The zero-order valence-corrected chi connectivity index (χ0v) is 20.1. The van der Waals surface area contributed by atoms with Crippen LogP contribution in [-0.2, 0) is 14.3 Å². The molecule has 5 heteroatoms. The third-order valence-corrected chi connectivity index (χ3v) is 5.78. The standard InChI is InChI=1S/C26H34O5/c1-16-22(24(28)31-25(3,4)5)17(2)26(6,7)19(23(16)30-9)14-15-20(27)18-12-10-11-13-21(18)29-8/h10-15,19H,1-9H3. The number of esters is 1. The van der Waals surface area contributed by atoms with Crippen molar-refractivity contribution < 1.29 is 23.8 Å². The maximum atomic E-state index is 13.0. The molecule has 0 bridgehead atoms. The lowest BCUT2D eigenvalue weighted by Crippen LogP contribution is -2.35. The second-order valence-corrected chi connectivity index (χ2v) is 9.32. The van der Waals surface area contributed by atoms with Gasteiger partial charge in [-0.2, -0.15) is 0 Å². The number of carbonyl (C=O) groups is 2. The van der Waals surface area contributed by atoms with Crippen LogP contribution >= 0.6 is 0 Å². The molecule has 31 heavy (non-hydrogen) atoms. The van der Waals surface area contributed by atoms with Gasteiger partial charge in [-0.1, -0.05) is 37.6 Å². The molecule has 0 spiro atoms. The molecule has 1 unspecified atom stereocenters. The zero-order valence-electron chi connectivity index (χ0n) is 20.1. The van der Waals surface area contributed by atoms with Crippen molar-refractivity contribution in [3.05, 3.63) is 64.5 Å². The molecule has 2 rings (SSSR count). The van der Waals surface area contributed by atoms with Gasteiger partial charge in [0.2, 0.25) is 0 Å². The predicted octanol–water partition coefficient (Wildman–Crippen LogP) is 5.67. The molecule has 0 fully saturated rings. The summed E-state index contributed by atoms with van der Waals surface area (Å²) in [5.41, 5.74) is 1.61. The number of benzene rings is 1. The average molecular weight is 427 g/mol. The summed E-state index contributed by atoms with van der Waals surface area (Å²) in [6, 6.07) is 7.13. The van der Waals surface area contributed by atoms with Crippen LogP contribution in [0.15, 0.2) is 58.9 Å². The number of ketones is 1. The predicted molar refractivity (Wildman–Crippen MR) is 122 cm³/mol. The molecule has 0 saturated heterocycles. The van der Waals surface area contributed by atoms with E-state index in [1.54, 1.807) is 38.5 Å². The molecule has 168 valence electrons. The summed E-state index contributed by atoms with van der Waals surface area (Å²) in [7, 11) is 3.13. The van der Waals surface area contributed by atoms with Gasteiger partial charge in [0, 0.05) is 11.5 Å². The molecule has 0 N–H and O–H groups in total. The number of allylic oxidation sites excluding steroid dienone is 3. The van der Waals surface area contributed by atoms with E-state index in [0.717, 1.165) is 11.1 Å². The van der Waals surface area contributed by atoms with Crippen molar-refractivity contribution in [1.29, 1.82) is 0 Å². The molecule has 1 aromatic carbocycles. The van der Waals surface area contributed by atoms with Gasteiger partial charge < -0.3 is 14.2 Å². The topological polar surface area (TPSA) is 61.8 Å². The molecular weight excluding hydrogens is 392 g/mol. The summed E-state index contributed by atoms with van der Waals surface area (Å²) in [5, 5.41) is 0. The Bertz CT molecular complexity index is 954. The molecule has 1 aliphatic carbocycles. The minimum absolute atomic E-state index is 0.152. The lowest BCUT2D eigenvalue weighted by molar-refractivity contribution is -0.149. The van der Waals surface area contributed by atoms with Gasteiger partial charge >= 0.3 is 5.97 Å². The third kappa shape index (κ3) is 5.09. The molecule has 5 nitrogen and oxygen atoms in total. The highest BCUT2D eigenvalue weighted by atomic mass is 16.6. The Morgan fingerprint density at radius 3 is 2.19 bits per heavy atom. The minimum Gasteiger partial charge on any atom is -0.500 e. The largest absolute Gasteiger partial charge is 0.500 e. The van der Waals surface area contributed by atoms with E-state index in [1.807, 2.05) is 60.6 Å². The normalized spacial score (nSPS) is 18.9. The highest BCUT2D eigenvalue weighted by Gasteiger charge is 2.42. The van der Waals surface area contributed by atoms with Crippen molar-refractivity contribution in [2.24, 2.45) is 11.3 Å². The van der Waals surface area contributed by atoms with Crippen molar-refractivity contribution in [2.45, 2.75) is 54.1 Å². The Balaban J connectivity index is 2.47. The molecule has 1 atom stereocenters. The van der Waals surface area contributed by atoms with Gasteiger partial charge in [-0.3, -0.25) is 4.79 Å². The van der Waals surface area contributed by atoms with E-state index in [0.29, 0.717) is 22.6 Å². The van der Waals surface area contributed by atoms with Gasteiger partial charge in [-0.05, 0) is 58.2 Å². The van der Waals surface area contributed by atoms with Crippen LogP contribution in [0.5, 0.6) is 5.75 Å². The first-order chi connectivity index (χ1) is 14.3. The number of ether oxygens (including phenoxy) is 3. The average Bonchev–Trinajstić information content (AvgIpc) is 2.68. The number of hydrogen-bond acceptors (Lipinski definition) is 5. The molecule has 1 aliphatic rings. The van der Waals surface area contributed by atoms with Crippen LogP contribution in [0.2, 0.25) is 0 Å². The van der Waals surface area contributed by atoms with Crippen LogP contribution in [0, 0.1) is 11.3 Å². The molecule has 0 saturated carbocycles. The van der Waals surface area contributed by atoms with Crippen LogP contribution in [0.25, 0.3) is 0 Å². The fraction of sp³-hybridized carbons (Fsp3) is 0.462. The first kappa shape index (κ1) is 24.4. The monoisotopic (exact) mass is 426 g/mol. The van der Waals surface area contributed by atoms with E-state index in [1.165, 1.54) is 0 Å². The van der Waals surface area contributed by atoms with E-state index in [9.17, 15) is 9.59 Å². The number of carbonyl (C=O) groups excluding carboxylic acids is 2. The van der Waals surface area contributed by atoms with E-state index in [4.69, 9.17) is 14.2 Å². The number of para-hydroxylation sites is 1. The van der Waals surface area contributed by atoms with E-state index in [-0.39, 0.29) is 17.7 Å². The molecule has 0 heterocycles. The van der Waals surface area contributed by atoms with Crippen LogP contribution in [0.1, 0.15) is 58.8 Å². The van der Waals surface area contributed by atoms with Crippen LogP contribution in [0.4, 0.5) is 0 Å². The number of hydrogen-bond donors (Lipinski definition) is 0. The van der Waals surface area contributed by atoms with Gasteiger partial charge in [-0.15, -0.1) is 0 Å². The highest BCUT2D eigenvalue weighted by molar-refractivity contribution is 6.06. The maximum Gasteiger partial charge on any atom is 0.339 e. The molecular formula is C26H34O5. The Hall–Kier alpha value is -2.82. The minimum atomic E-state index is -0.597. The summed E-state index contributed by atoms with van der Waals surface area (Å²) < 4.78 is 16.7. The van der Waals surface area contributed by atoms with E-state index in [2.05, 4.69) is 0 Å². The zero-order chi connectivity index (χ0) is 23.6. The lowest BCUT2D eigenvalue weighted by atomic mass is 9.66. The maximum absolute atomic E-state index is 13.0. The fourth-order valence-corrected chi connectivity index (χ4v) is 3.89. The van der Waals surface area contributed by atoms with Crippen LogP contribution in [0.3, 0.4) is 0 Å². The highest BCUT2D eigenvalue weighted by Crippen LogP contribution is 2.48. The van der Waals surface area contributed by atoms with E-state index >= 15 is 0 Å². The van der Waals surface area contributed by atoms with Gasteiger partial charge in [0.15, 0.2) is 5.78 Å². The van der Waals surface area contributed by atoms with Crippen molar-refractivity contribution in [3.8, 4) is 5.75 Å². The number of methoxy groups -OCH3 is 2. The van der Waals surface area contributed by atoms with E-state index < -0.39 is 11.0 Å². The second kappa shape index (κ2) is 9.13. The summed E-state index contributed by atoms with van der Waals surface area (Å²) in [5.74, 6) is 0.448. The smallest absolute Gasteiger partial charge is 0.339 e. The second-order valence-electron chi connectivity index (χ2n) is 9.32. The molecule has 0 amide bonds. The van der Waals surface area contributed by atoms with Crippen LogP contribution in [-0.4, -0.2) is 31.6 Å². The Morgan fingerprint density at radius 1 is 1.03 bits per heavy atom. The first-order valence-electron chi connectivity index (χ1n) is 10.4. The van der Waals surface area contributed by atoms with Crippen molar-refractivity contribution >= 4 is 11.8 Å². The Labute approximate surface area is 185 Å². The van der Waals surface area contributed by atoms with Crippen molar-refractivity contribution in [3.63, 3.8) is 0 Å². The summed E-state index contributed by atoms with van der Waals surface area (Å²) in [6.07, 6.45) is 3.41. The third-order valence-electron chi connectivity index (χ3n) is 5.78. The SMILES string of the molecule is COC1=C(C)C(C(=O)OC(C)(C)C)=C(C)C(C)(C)C1C=CC(=O)c1ccccc1OC.